The predicted molar refractivity (Wildman–Crippen MR) is 65.4 cm³/mol. The number of nitrogens with zero attached hydrogens (tertiary/aromatic N) is 3. The van der Waals surface area contributed by atoms with Crippen LogP contribution in [0, 0.1) is 0 Å². The molecule has 17 heavy (non-hydrogen) atoms. The van der Waals surface area contributed by atoms with Crippen molar-refractivity contribution in [3.05, 3.63) is 12.2 Å². The molecule has 0 saturated heterocycles. The first kappa shape index (κ1) is 12.5. The fourth-order valence-electron chi connectivity index (χ4n) is 2.48. The van der Waals surface area contributed by atoms with Crippen LogP contribution in [0.2, 0.25) is 0 Å². The van der Waals surface area contributed by atoms with Crippen LogP contribution in [0.1, 0.15) is 44.9 Å². The monoisotopic (exact) mass is 238 g/mol. The summed E-state index contributed by atoms with van der Waals surface area (Å²) in [5.41, 5.74) is -0.505. The molecule has 0 aromatic carbocycles. The lowest BCUT2D eigenvalue weighted by Crippen LogP contribution is -2.42. The molecule has 1 heterocycles. The van der Waals surface area contributed by atoms with Gasteiger partial charge in [-0.1, -0.05) is 19.3 Å². The summed E-state index contributed by atoms with van der Waals surface area (Å²) in [7, 11) is 0. The Morgan fingerprint density at radius 3 is 2.88 bits per heavy atom. The minimum Gasteiger partial charge on any atom is -0.389 e. The Morgan fingerprint density at radius 1 is 1.41 bits per heavy atom. The summed E-state index contributed by atoms with van der Waals surface area (Å²) in [6, 6.07) is 0. The number of rotatable bonds is 5. The van der Waals surface area contributed by atoms with Gasteiger partial charge in [0.15, 0.2) is 0 Å². The highest BCUT2D eigenvalue weighted by Crippen LogP contribution is 2.27. The normalized spacial score (nSPS) is 19.4. The maximum atomic E-state index is 10.3. The van der Waals surface area contributed by atoms with Crippen LogP contribution in [0.15, 0.2) is 6.33 Å². The third kappa shape index (κ3) is 3.26. The van der Waals surface area contributed by atoms with E-state index >= 15 is 0 Å². The molecule has 5 heteroatoms. The van der Waals surface area contributed by atoms with Crippen molar-refractivity contribution in [2.24, 2.45) is 0 Å². The first-order valence-electron chi connectivity index (χ1n) is 6.53. The maximum Gasteiger partial charge on any atom is 0.140 e. The van der Waals surface area contributed by atoms with Gasteiger partial charge in [-0.05, 0) is 19.8 Å². The van der Waals surface area contributed by atoms with Crippen LogP contribution < -0.4 is 5.32 Å². The minimum atomic E-state index is -0.505. The van der Waals surface area contributed by atoms with Crippen LogP contribution in [-0.2, 0) is 13.1 Å². The number of aromatic nitrogens is 3. The summed E-state index contributed by atoms with van der Waals surface area (Å²) in [6.45, 7) is 4.22. The molecule has 2 N–H and O–H groups in total. The lowest BCUT2D eigenvalue weighted by Gasteiger charge is -2.32. The van der Waals surface area contributed by atoms with Gasteiger partial charge in [0.05, 0.1) is 12.1 Å². The highest BCUT2D eigenvalue weighted by molar-refractivity contribution is 4.88. The molecule has 0 radical (unpaired) electrons. The topological polar surface area (TPSA) is 63.0 Å². The van der Waals surface area contributed by atoms with E-state index in [0.29, 0.717) is 13.1 Å². The van der Waals surface area contributed by atoms with E-state index in [-0.39, 0.29) is 0 Å². The van der Waals surface area contributed by atoms with Crippen LogP contribution in [0.3, 0.4) is 0 Å². The molecule has 0 bridgehead atoms. The van der Waals surface area contributed by atoms with Gasteiger partial charge in [0.2, 0.25) is 0 Å². The Kier molecular flexibility index (Phi) is 4.12. The second kappa shape index (κ2) is 5.60. The van der Waals surface area contributed by atoms with Crippen molar-refractivity contribution in [1.29, 1.82) is 0 Å². The Hall–Kier alpha value is -0.940. The van der Waals surface area contributed by atoms with E-state index in [9.17, 15) is 5.11 Å². The van der Waals surface area contributed by atoms with Crippen molar-refractivity contribution < 1.29 is 5.11 Å². The molecule has 5 nitrogen and oxygen atoms in total. The lowest BCUT2D eigenvalue weighted by molar-refractivity contribution is 0.00449. The predicted octanol–water partition coefficient (Wildman–Crippen LogP) is 1.08. The Bertz CT molecular complexity index is 344. The molecule has 0 amide bonds. The van der Waals surface area contributed by atoms with Crippen LogP contribution >= 0.6 is 0 Å². The van der Waals surface area contributed by atoms with E-state index in [0.717, 1.165) is 38.1 Å². The third-order valence-corrected chi connectivity index (χ3v) is 3.52. The molecule has 0 spiro atoms. The maximum absolute atomic E-state index is 10.3. The number of aryl methyl sites for hydroxylation is 1. The summed E-state index contributed by atoms with van der Waals surface area (Å²) < 4.78 is 1.87. The van der Waals surface area contributed by atoms with Crippen LogP contribution in [0.5, 0.6) is 0 Å². The molecule has 96 valence electrons. The van der Waals surface area contributed by atoms with Gasteiger partial charge >= 0.3 is 0 Å². The first-order chi connectivity index (χ1) is 8.23. The van der Waals surface area contributed by atoms with Crippen molar-refractivity contribution in [3.8, 4) is 0 Å². The molecule has 1 fully saturated rings. The zero-order chi connectivity index (χ0) is 12.1. The molecule has 0 unspecified atom stereocenters. The second-order valence-electron chi connectivity index (χ2n) is 4.88. The van der Waals surface area contributed by atoms with Crippen molar-refractivity contribution in [2.75, 3.05) is 6.54 Å². The number of hydrogen-bond donors (Lipinski definition) is 2. The van der Waals surface area contributed by atoms with Gasteiger partial charge in [-0.2, -0.15) is 5.10 Å². The van der Waals surface area contributed by atoms with Gasteiger partial charge in [0, 0.05) is 13.1 Å². The van der Waals surface area contributed by atoms with E-state index in [4.69, 9.17) is 0 Å². The van der Waals surface area contributed by atoms with Gasteiger partial charge in [-0.25, -0.2) is 9.67 Å². The van der Waals surface area contributed by atoms with Crippen LogP contribution in [0.25, 0.3) is 0 Å². The summed E-state index contributed by atoms with van der Waals surface area (Å²) in [4.78, 5) is 4.20. The number of aliphatic hydroxyl groups is 1. The average Bonchev–Trinajstić information content (AvgIpc) is 2.77. The third-order valence-electron chi connectivity index (χ3n) is 3.52. The fourth-order valence-corrected chi connectivity index (χ4v) is 2.48. The van der Waals surface area contributed by atoms with Crippen molar-refractivity contribution >= 4 is 0 Å². The van der Waals surface area contributed by atoms with Gasteiger partial charge < -0.3 is 10.4 Å². The Morgan fingerprint density at radius 2 is 2.18 bits per heavy atom. The molecule has 1 aliphatic rings. The SMILES string of the molecule is CCn1ncnc1CNCC1(O)CCCCC1. The highest BCUT2D eigenvalue weighted by Gasteiger charge is 2.28. The number of hydrogen-bond acceptors (Lipinski definition) is 4. The van der Waals surface area contributed by atoms with Crippen molar-refractivity contribution in [1.82, 2.24) is 20.1 Å². The van der Waals surface area contributed by atoms with E-state index < -0.39 is 5.60 Å². The van der Waals surface area contributed by atoms with E-state index in [1.54, 1.807) is 6.33 Å². The lowest BCUT2D eigenvalue weighted by atomic mass is 9.85. The smallest absolute Gasteiger partial charge is 0.140 e. The number of nitrogens with one attached hydrogen (secondary N) is 1. The van der Waals surface area contributed by atoms with E-state index in [1.165, 1.54) is 6.42 Å². The standard InChI is InChI=1S/C12H22N4O/c1-2-16-11(14-10-15-16)8-13-9-12(17)6-4-3-5-7-12/h10,13,17H,2-9H2,1H3. The van der Waals surface area contributed by atoms with E-state index in [1.807, 2.05) is 11.6 Å². The molecule has 1 aliphatic carbocycles. The van der Waals surface area contributed by atoms with Crippen LogP contribution in [-0.4, -0.2) is 32.0 Å². The van der Waals surface area contributed by atoms with Gasteiger partial charge in [-0.15, -0.1) is 0 Å². The average molecular weight is 238 g/mol. The van der Waals surface area contributed by atoms with Gasteiger partial charge in [0.25, 0.3) is 0 Å². The summed E-state index contributed by atoms with van der Waals surface area (Å²) in [6.07, 6.45) is 6.95. The molecule has 1 aromatic rings. The molecule has 0 aliphatic heterocycles. The molecule has 2 rings (SSSR count). The van der Waals surface area contributed by atoms with E-state index in [2.05, 4.69) is 15.4 Å². The molecular weight excluding hydrogens is 216 g/mol. The first-order valence-corrected chi connectivity index (χ1v) is 6.53. The minimum absolute atomic E-state index is 0.505. The summed E-state index contributed by atoms with van der Waals surface area (Å²) in [5, 5.41) is 17.7. The summed E-state index contributed by atoms with van der Waals surface area (Å²) >= 11 is 0. The fraction of sp³-hybridized carbons (Fsp3) is 0.833. The molecule has 1 aromatic heterocycles. The largest absolute Gasteiger partial charge is 0.389 e. The van der Waals surface area contributed by atoms with Crippen molar-refractivity contribution in [2.45, 2.75) is 57.7 Å². The zero-order valence-electron chi connectivity index (χ0n) is 10.5. The highest BCUT2D eigenvalue weighted by atomic mass is 16.3. The van der Waals surface area contributed by atoms with Gasteiger partial charge in [-0.3, -0.25) is 0 Å². The molecule has 0 atom stereocenters. The second-order valence-corrected chi connectivity index (χ2v) is 4.88. The summed E-state index contributed by atoms with van der Waals surface area (Å²) in [5.74, 6) is 0.937. The quantitative estimate of drug-likeness (QED) is 0.806. The zero-order valence-corrected chi connectivity index (χ0v) is 10.5. The molecule has 1 saturated carbocycles. The van der Waals surface area contributed by atoms with Crippen LogP contribution in [0.4, 0.5) is 0 Å². The molecular formula is C12H22N4O. The van der Waals surface area contributed by atoms with Crippen molar-refractivity contribution in [3.63, 3.8) is 0 Å². The van der Waals surface area contributed by atoms with Gasteiger partial charge in [0.1, 0.15) is 12.2 Å². The Labute approximate surface area is 102 Å². The Balaban J connectivity index is 1.79.